The van der Waals surface area contributed by atoms with E-state index in [1.165, 1.54) is 18.4 Å². The van der Waals surface area contributed by atoms with Crippen LogP contribution in [0.2, 0.25) is 0 Å². The SMILES string of the molecule is COC(C(=O)N(C)C1CCC2(O)[C@H]3Cc4ccc(O)c5c4[C@@]2(CCN3CC2CC2)C1O5)c1ccccc1. The van der Waals surface area contributed by atoms with Crippen LogP contribution in [0.3, 0.4) is 0 Å². The second-order valence-electron chi connectivity index (χ2n) is 11.9. The van der Waals surface area contributed by atoms with Crippen LogP contribution in [0, 0.1) is 5.92 Å². The fourth-order valence-corrected chi connectivity index (χ4v) is 8.21. The molecule has 7 nitrogen and oxygen atoms in total. The molecule has 2 aliphatic heterocycles. The van der Waals surface area contributed by atoms with Gasteiger partial charge in [-0.1, -0.05) is 36.4 Å². The molecule has 2 heterocycles. The second kappa shape index (κ2) is 8.19. The summed E-state index contributed by atoms with van der Waals surface area (Å²) in [4.78, 5) is 18.1. The number of piperidine rings is 1. The molecule has 1 amide bonds. The van der Waals surface area contributed by atoms with E-state index in [0.29, 0.717) is 18.6 Å². The highest BCUT2D eigenvalue weighted by Gasteiger charge is 2.73. The van der Waals surface area contributed by atoms with E-state index in [1.807, 2.05) is 43.4 Å². The molecule has 3 fully saturated rings. The smallest absolute Gasteiger partial charge is 0.256 e. The first-order chi connectivity index (χ1) is 17.9. The van der Waals surface area contributed by atoms with Gasteiger partial charge < -0.3 is 24.6 Å². The number of hydrogen-bond acceptors (Lipinski definition) is 6. The normalized spacial score (nSPS) is 34.4. The highest BCUT2D eigenvalue weighted by Crippen LogP contribution is 2.66. The van der Waals surface area contributed by atoms with Crippen LogP contribution in [0.25, 0.3) is 0 Å². The lowest BCUT2D eigenvalue weighted by molar-refractivity contribution is -0.202. The molecule has 4 unspecified atom stereocenters. The Balaban J connectivity index is 1.29. The van der Waals surface area contributed by atoms with Crippen molar-refractivity contribution in [3.05, 3.63) is 59.2 Å². The zero-order valence-corrected chi connectivity index (χ0v) is 21.6. The van der Waals surface area contributed by atoms with Gasteiger partial charge in [0.15, 0.2) is 17.6 Å². The number of phenols is 1. The monoisotopic (exact) mass is 504 g/mol. The van der Waals surface area contributed by atoms with Crippen molar-refractivity contribution in [2.24, 2.45) is 5.92 Å². The van der Waals surface area contributed by atoms with Crippen molar-refractivity contribution in [2.45, 2.75) is 73.8 Å². The fourth-order valence-electron chi connectivity index (χ4n) is 8.21. The standard InChI is InChI=1S/C30H36N2O5/c1-31(28(34)25(36-2)19-6-4-3-5-7-19)21-12-13-30(35)23-16-20-10-11-22(33)26-24(20)29(30,27(21)37-26)14-15-32(23)17-18-8-9-18/h3-7,10-11,18,21,23,25,27,33,35H,8-9,12-17H2,1-2H3/t21?,23-,25?,27?,29+,30?/m1/s1. The molecule has 0 radical (unpaired) electrons. The Morgan fingerprint density at radius 1 is 1.19 bits per heavy atom. The van der Waals surface area contributed by atoms with E-state index >= 15 is 0 Å². The molecule has 2 aromatic carbocycles. The minimum absolute atomic E-state index is 0.0222. The molecule has 37 heavy (non-hydrogen) atoms. The van der Waals surface area contributed by atoms with E-state index in [4.69, 9.17) is 9.47 Å². The molecule has 5 aliphatic rings. The van der Waals surface area contributed by atoms with Gasteiger partial charge in [-0.25, -0.2) is 0 Å². The first-order valence-corrected chi connectivity index (χ1v) is 13.7. The van der Waals surface area contributed by atoms with Gasteiger partial charge in [0.05, 0.1) is 17.1 Å². The number of amides is 1. The number of likely N-dealkylation sites (N-methyl/N-ethyl adjacent to an activating group) is 1. The van der Waals surface area contributed by atoms with Gasteiger partial charge in [-0.15, -0.1) is 0 Å². The number of benzene rings is 2. The van der Waals surface area contributed by atoms with Gasteiger partial charge in [0.25, 0.3) is 5.91 Å². The lowest BCUT2D eigenvalue weighted by Gasteiger charge is -2.64. The van der Waals surface area contributed by atoms with Crippen LogP contribution in [0.4, 0.5) is 0 Å². The van der Waals surface area contributed by atoms with Gasteiger partial charge in [-0.05, 0) is 68.2 Å². The number of phenolic OH excluding ortho intramolecular Hbond substituents is 1. The van der Waals surface area contributed by atoms with Crippen LogP contribution in [-0.4, -0.2) is 77.0 Å². The Morgan fingerprint density at radius 3 is 2.70 bits per heavy atom. The van der Waals surface area contributed by atoms with Gasteiger partial charge in [0.1, 0.15) is 6.10 Å². The number of nitrogens with zero attached hydrogens (tertiary/aromatic N) is 2. The first-order valence-electron chi connectivity index (χ1n) is 13.7. The van der Waals surface area contributed by atoms with Crippen LogP contribution in [-0.2, 0) is 21.4 Å². The van der Waals surface area contributed by atoms with E-state index < -0.39 is 23.2 Å². The summed E-state index contributed by atoms with van der Waals surface area (Å²) in [7, 11) is 3.40. The number of carbonyl (C=O) groups is 1. The Labute approximate surface area is 218 Å². The van der Waals surface area contributed by atoms with Gasteiger partial charge in [0.2, 0.25) is 0 Å². The molecule has 2 saturated carbocycles. The summed E-state index contributed by atoms with van der Waals surface area (Å²) >= 11 is 0. The van der Waals surface area contributed by atoms with Crippen molar-refractivity contribution >= 4 is 5.91 Å². The number of ether oxygens (including phenoxy) is 2. The minimum atomic E-state index is -0.961. The van der Waals surface area contributed by atoms with Crippen molar-refractivity contribution in [2.75, 3.05) is 27.2 Å². The molecular formula is C30H36N2O5. The van der Waals surface area contributed by atoms with Crippen molar-refractivity contribution < 1.29 is 24.5 Å². The quantitative estimate of drug-likeness (QED) is 0.629. The molecule has 1 saturated heterocycles. The van der Waals surface area contributed by atoms with E-state index in [1.54, 1.807) is 18.1 Å². The molecule has 2 aromatic rings. The zero-order chi connectivity index (χ0) is 25.5. The largest absolute Gasteiger partial charge is 0.504 e. The van der Waals surface area contributed by atoms with Crippen LogP contribution in [0.1, 0.15) is 54.9 Å². The van der Waals surface area contributed by atoms with Crippen molar-refractivity contribution in [3.8, 4) is 11.5 Å². The number of methoxy groups -OCH3 is 1. The molecule has 196 valence electrons. The summed E-state index contributed by atoms with van der Waals surface area (Å²) in [6.45, 7) is 1.94. The Morgan fingerprint density at radius 2 is 1.97 bits per heavy atom. The third-order valence-corrected chi connectivity index (χ3v) is 10.1. The van der Waals surface area contributed by atoms with Crippen molar-refractivity contribution in [1.82, 2.24) is 9.80 Å². The number of hydrogen-bond donors (Lipinski definition) is 2. The predicted octanol–water partition coefficient (Wildman–Crippen LogP) is 3.17. The topological polar surface area (TPSA) is 82.5 Å². The summed E-state index contributed by atoms with van der Waals surface area (Å²) in [5.41, 5.74) is 1.36. The third-order valence-electron chi connectivity index (χ3n) is 10.1. The van der Waals surface area contributed by atoms with Crippen LogP contribution < -0.4 is 4.74 Å². The maximum atomic E-state index is 13.8. The van der Waals surface area contributed by atoms with Crippen molar-refractivity contribution in [1.29, 1.82) is 0 Å². The molecule has 1 spiro atoms. The summed E-state index contributed by atoms with van der Waals surface area (Å²) in [5, 5.41) is 23.5. The summed E-state index contributed by atoms with van der Waals surface area (Å²) in [6, 6.07) is 13.1. The zero-order valence-electron chi connectivity index (χ0n) is 21.6. The molecule has 6 atom stereocenters. The average Bonchev–Trinajstić information content (AvgIpc) is 3.65. The van der Waals surface area contributed by atoms with Gasteiger partial charge in [0, 0.05) is 32.3 Å². The van der Waals surface area contributed by atoms with E-state index in [2.05, 4.69) is 4.90 Å². The summed E-state index contributed by atoms with van der Waals surface area (Å²) < 4.78 is 12.3. The number of rotatable bonds is 6. The highest BCUT2D eigenvalue weighted by molar-refractivity contribution is 5.82. The van der Waals surface area contributed by atoms with Crippen LogP contribution >= 0.6 is 0 Å². The summed E-state index contributed by atoms with van der Waals surface area (Å²) in [6.07, 6.45) is 4.17. The lowest BCUT2D eigenvalue weighted by Crippen LogP contribution is -2.78. The summed E-state index contributed by atoms with van der Waals surface area (Å²) in [5.74, 6) is 1.25. The lowest BCUT2D eigenvalue weighted by atomic mass is 9.48. The van der Waals surface area contributed by atoms with Gasteiger partial charge in [-0.3, -0.25) is 9.69 Å². The van der Waals surface area contributed by atoms with Crippen molar-refractivity contribution in [3.63, 3.8) is 0 Å². The van der Waals surface area contributed by atoms with E-state index in [0.717, 1.165) is 43.0 Å². The molecule has 7 rings (SSSR count). The molecular weight excluding hydrogens is 468 g/mol. The molecule has 3 aliphatic carbocycles. The fraction of sp³-hybridized carbons (Fsp3) is 0.567. The van der Waals surface area contributed by atoms with Crippen LogP contribution in [0.5, 0.6) is 11.5 Å². The molecule has 2 bridgehead atoms. The van der Waals surface area contributed by atoms with Crippen LogP contribution in [0.15, 0.2) is 42.5 Å². The van der Waals surface area contributed by atoms with E-state index in [9.17, 15) is 15.0 Å². The minimum Gasteiger partial charge on any atom is -0.504 e. The second-order valence-corrected chi connectivity index (χ2v) is 11.9. The Bertz CT molecular complexity index is 1230. The maximum absolute atomic E-state index is 13.8. The first kappa shape index (κ1) is 23.5. The average molecular weight is 505 g/mol. The number of aliphatic hydroxyl groups is 1. The third kappa shape index (κ3) is 3.14. The number of likely N-dealkylation sites (tertiary alicyclic amines) is 1. The molecule has 2 N–H and O–H groups in total. The van der Waals surface area contributed by atoms with Gasteiger partial charge >= 0.3 is 0 Å². The Hall–Kier alpha value is -2.61. The Kier molecular flexibility index (Phi) is 5.20. The number of carbonyl (C=O) groups excluding carboxylic acids is 1. The molecule has 0 aromatic heterocycles. The maximum Gasteiger partial charge on any atom is 0.256 e. The van der Waals surface area contributed by atoms with Gasteiger partial charge in [-0.2, -0.15) is 0 Å². The number of aromatic hydroxyl groups is 1. The highest BCUT2D eigenvalue weighted by atomic mass is 16.5. The van der Waals surface area contributed by atoms with E-state index in [-0.39, 0.29) is 23.7 Å². The molecule has 7 heteroatoms. The predicted molar refractivity (Wildman–Crippen MR) is 138 cm³/mol.